The minimum atomic E-state index is -1.94. The number of quaternary nitrogens is 1. The van der Waals surface area contributed by atoms with E-state index < -0.39 is 11.6 Å². The maximum atomic E-state index is 13.3. The van der Waals surface area contributed by atoms with Gasteiger partial charge in [-0.25, -0.2) is 4.79 Å². The molecule has 4 rings (SSSR count). The van der Waals surface area contributed by atoms with E-state index in [9.17, 15) is 9.90 Å². The van der Waals surface area contributed by atoms with Crippen LogP contribution in [-0.4, -0.2) is 47.8 Å². The summed E-state index contributed by atoms with van der Waals surface area (Å²) in [6, 6.07) is 13.8. The lowest BCUT2D eigenvalue weighted by atomic mass is 9.86. The molecule has 0 aromatic heterocycles. The highest BCUT2D eigenvalue weighted by molar-refractivity contribution is 6.30. The number of halogens is 3. The number of aliphatic hydroxyl groups is 1. The summed E-state index contributed by atoms with van der Waals surface area (Å²) in [5, 5.41) is 12.7. The van der Waals surface area contributed by atoms with E-state index in [4.69, 9.17) is 27.9 Å². The highest BCUT2D eigenvalue weighted by atomic mass is 79.9. The van der Waals surface area contributed by atoms with Crippen LogP contribution >= 0.6 is 23.2 Å². The van der Waals surface area contributed by atoms with Crippen molar-refractivity contribution in [3.05, 3.63) is 81.9 Å². The first kappa shape index (κ1) is 25.9. The first-order valence-electron chi connectivity index (χ1n) is 9.68. The van der Waals surface area contributed by atoms with Crippen LogP contribution in [0.2, 0.25) is 10.0 Å². The average Bonchev–Trinajstić information content (AvgIpc) is 2.85. The van der Waals surface area contributed by atoms with Gasteiger partial charge in [-0.15, -0.1) is 0 Å². The van der Waals surface area contributed by atoms with Crippen molar-refractivity contribution in [2.24, 2.45) is 0 Å². The lowest BCUT2D eigenvalue weighted by Gasteiger charge is -2.44. The van der Waals surface area contributed by atoms with Crippen LogP contribution in [0.4, 0.5) is 0 Å². The summed E-state index contributed by atoms with van der Waals surface area (Å²) in [4.78, 5) is 13.3. The number of hydrogen-bond donors (Lipinski definition) is 1. The largest absolute Gasteiger partial charge is 1.00 e. The normalized spacial score (nSPS) is 23.5. The summed E-state index contributed by atoms with van der Waals surface area (Å²) in [6.45, 7) is 0. The number of rotatable bonds is 4. The van der Waals surface area contributed by atoms with Gasteiger partial charge in [0, 0.05) is 22.9 Å². The molecule has 0 spiro atoms. The molecule has 0 saturated carbocycles. The third-order valence-corrected chi connectivity index (χ3v) is 6.87. The molecule has 168 valence electrons. The van der Waals surface area contributed by atoms with Gasteiger partial charge in [0.15, 0.2) is 0 Å². The van der Waals surface area contributed by atoms with Crippen molar-refractivity contribution in [1.29, 1.82) is 0 Å². The highest BCUT2D eigenvalue weighted by Gasteiger charge is 2.49. The van der Waals surface area contributed by atoms with Crippen LogP contribution in [0, 0.1) is 0 Å². The fourth-order valence-electron chi connectivity index (χ4n) is 4.40. The Morgan fingerprint density at radius 1 is 0.935 bits per heavy atom. The van der Waals surface area contributed by atoms with E-state index in [1.165, 1.54) is 0 Å². The molecule has 1 fully saturated rings. The number of esters is 1. The van der Waals surface area contributed by atoms with E-state index >= 15 is 0 Å². The Bertz CT molecular complexity index is 881. The molecule has 31 heavy (non-hydrogen) atoms. The molecule has 2 bridgehead atoms. The van der Waals surface area contributed by atoms with Gasteiger partial charge in [0.2, 0.25) is 5.60 Å². The first-order chi connectivity index (χ1) is 13.7. The molecule has 0 amide bonds. The fourth-order valence-corrected chi connectivity index (χ4v) is 4.65. The quantitative estimate of drug-likeness (QED) is 0.375. The number of carbonyl (C=O) groups is 1. The number of ether oxygens (including phenoxy) is 1. The number of piperidine rings is 1. The van der Waals surface area contributed by atoms with Crippen LogP contribution in [0.5, 0.6) is 0 Å². The van der Waals surface area contributed by atoms with Gasteiger partial charge in [-0.1, -0.05) is 54.9 Å². The molecule has 3 atom stereocenters. The second-order valence-corrected chi connectivity index (χ2v) is 9.24. The van der Waals surface area contributed by atoms with E-state index in [0.29, 0.717) is 33.3 Å². The van der Waals surface area contributed by atoms with E-state index in [1.807, 2.05) is 0 Å². The van der Waals surface area contributed by atoms with E-state index in [0.717, 1.165) is 17.3 Å². The number of fused-ring (bicyclic) bond motifs is 2. The van der Waals surface area contributed by atoms with Gasteiger partial charge in [0.25, 0.3) is 0 Å². The van der Waals surface area contributed by atoms with Gasteiger partial charge in [0.1, 0.15) is 18.2 Å². The number of hydrogen-bond acceptors (Lipinski definition) is 3. The zero-order valence-corrected chi connectivity index (χ0v) is 19.9. The van der Waals surface area contributed by atoms with Crippen molar-refractivity contribution in [3.63, 3.8) is 0 Å². The predicted octanol–water partition coefficient (Wildman–Crippen LogP) is 1.96. The van der Waals surface area contributed by atoms with Crippen molar-refractivity contribution < 1.29 is 36.1 Å². The summed E-state index contributed by atoms with van der Waals surface area (Å²) >= 11 is 12.0. The zero-order valence-electron chi connectivity index (χ0n) is 16.8. The van der Waals surface area contributed by atoms with Crippen molar-refractivity contribution in [1.82, 2.24) is 0 Å². The van der Waals surface area contributed by atoms with Crippen molar-refractivity contribution in [2.45, 2.75) is 44.1 Å². The maximum Gasteiger partial charge on any atom is 0.347 e. The predicted molar refractivity (Wildman–Crippen MR) is 121 cm³/mol. The zero-order chi connectivity index (χ0) is 20.8. The molecule has 2 aromatic carbocycles. The van der Waals surface area contributed by atoms with Gasteiger partial charge in [-0.2, -0.15) is 0 Å². The van der Waals surface area contributed by atoms with E-state index in [-0.39, 0.29) is 30.5 Å². The van der Waals surface area contributed by atoms with Crippen molar-refractivity contribution in [3.8, 4) is 0 Å². The molecule has 1 saturated heterocycles. The summed E-state index contributed by atoms with van der Waals surface area (Å²) in [5.41, 5.74) is -1.13. The van der Waals surface area contributed by atoms with Gasteiger partial charge < -0.3 is 31.3 Å². The molecule has 7 heteroatoms. The number of likely N-dealkylation sites (N-methyl/N-ethyl adjacent to an activating group) is 1. The van der Waals surface area contributed by atoms with Crippen LogP contribution in [0.1, 0.15) is 31.4 Å². The Labute approximate surface area is 204 Å². The summed E-state index contributed by atoms with van der Waals surface area (Å²) < 4.78 is 6.78. The molecule has 2 aliphatic heterocycles. The monoisotopic (exact) mass is 527 g/mol. The van der Waals surface area contributed by atoms with Crippen LogP contribution < -0.4 is 17.0 Å². The lowest BCUT2D eigenvalue weighted by molar-refractivity contribution is -0.926. The van der Waals surface area contributed by atoms with Crippen LogP contribution in [-0.2, 0) is 15.1 Å². The Hall–Kier alpha value is -1.37. The Kier molecular flexibility index (Phi) is 8.05. The SMILES string of the molecule is C.C[N+]1(C)C2C=C[C@@H]1CC(OC(=O)C(O)(c1ccc(Cl)cc1)c1ccc(Cl)cc1)C2.[Br-]. The molecule has 0 radical (unpaired) electrons. The maximum absolute atomic E-state index is 13.3. The molecule has 2 heterocycles. The molecular formula is C24H28BrCl2NO3. The number of benzene rings is 2. The third kappa shape index (κ3) is 4.71. The molecular weight excluding hydrogens is 501 g/mol. The molecule has 2 aromatic rings. The Morgan fingerprint density at radius 2 is 1.32 bits per heavy atom. The highest BCUT2D eigenvalue weighted by Crippen LogP contribution is 2.38. The van der Waals surface area contributed by atoms with Crippen LogP contribution in [0.15, 0.2) is 60.7 Å². The number of carbonyl (C=O) groups excluding carboxylic acids is 1. The summed E-state index contributed by atoms with van der Waals surface area (Å²) in [5.74, 6) is -0.682. The molecule has 1 N–H and O–H groups in total. The second-order valence-electron chi connectivity index (χ2n) is 8.37. The lowest BCUT2D eigenvalue weighted by Crippen LogP contribution is -3.00. The topological polar surface area (TPSA) is 46.5 Å². The second kappa shape index (κ2) is 9.63. The molecule has 0 aliphatic carbocycles. The van der Waals surface area contributed by atoms with Crippen molar-refractivity contribution in [2.75, 3.05) is 14.1 Å². The molecule has 4 nitrogen and oxygen atoms in total. The van der Waals surface area contributed by atoms with Gasteiger partial charge in [0.05, 0.1) is 14.1 Å². The van der Waals surface area contributed by atoms with E-state index in [1.54, 1.807) is 48.5 Å². The number of nitrogens with zero attached hydrogens (tertiary/aromatic N) is 1. The van der Waals surface area contributed by atoms with Gasteiger partial charge in [-0.05, 0) is 47.5 Å². The molecule has 2 aliphatic rings. The molecule has 2 unspecified atom stereocenters. The van der Waals surface area contributed by atoms with Gasteiger partial charge in [-0.3, -0.25) is 0 Å². The third-order valence-electron chi connectivity index (χ3n) is 6.37. The summed E-state index contributed by atoms with van der Waals surface area (Å²) in [6.07, 6.45) is 5.66. The first-order valence-corrected chi connectivity index (χ1v) is 10.4. The smallest absolute Gasteiger partial charge is 0.347 e. The minimum Gasteiger partial charge on any atom is -1.00 e. The van der Waals surface area contributed by atoms with E-state index in [2.05, 4.69) is 26.2 Å². The van der Waals surface area contributed by atoms with Crippen LogP contribution in [0.3, 0.4) is 0 Å². The van der Waals surface area contributed by atoms with Crippen molar-refractivity contribution >= 4 is 29.2 Å². The average molecular weight is 529 g/mol. The standard InChI is InChI=1S/C23H24Cl2NO3.CH4.BrH/c1-26(2)19-11-12-20(26)14-21(13-19)29-22(27)23(28,15-3-7-17(24)8-4-15)16-5-9-18(25)10-6-16;;/h3-12,19-21,28H,13-14H2,1-2H3;1H4;1H/q+1;;/p-1/t19-,20?,21?;;/m1../s1. The Morgan fingerprint density at radius 3 is 1.71 bits per heavy atom. The summed E-state index contributed by atoms with van der Waals surface area (Å²) in [7, 11) is 4.40. The fraction of sp³-hybridized carbons (Fsp3) is 0.375. The Balaban J connectivity index is 0.00000171. The minimum absolute atomic E-state index is 0. The van der Waals surface area contributed by atoms with Crippen LogP contribution in [0.25, 0.3) is 0 Å². The van der Waals surface area contributed by atoms with Gasteiger partial charge >= 0.3 is 5.97 Å².